The Hall–Kier alpha value is -1.95. The van der Waals surface area contributed by atoms with Crippen LogP contribution in [0.2, 0.25) is 5.02 Å². The molecule has 0 unspecified atom stereocenters. The Balaban J connectivity index is 1.83. The minimum Gasteiger partial charge on any atom is -0.493 e. The maximum atomic E-state index is 11.8. The lowest BCUT2D eigenvalue weighted by Crippen LogP contribution is -2.38. The van der Waals surface area contributed by atoms with Crippen molar-refractivity contribution in [1.29, 1.82) is 0 Å². The van der Waals surface area contributed by atoms with E-state index in [2.05, 4.69) is 10.5 Å². The molecule has 1 aliphatic rings. The summed E-state index contributed by atoms with van der Waals surface area (Å²) in [5.74, 6) is 0.815. The van der Waals surface area contributed by atoms with Crippen molar-refractivity contribution >= 4 is 23.7 Å². The zero-order valence-electron chi connectivity index (χ0n) is 14.0. The number of amides is 1. The number of nitrogens with one attached hydrogen (secondary N) is 1. The fraction of sp³-hybridized carbons (Fsp3) is 0.529. The van der Waals surface area contributed by atoms with E-state index < -0.39 is 0 Å². The summed E-state index contributed by atoms with van der Waals surface area (Å²) in [6, 6.07) is 3.67. The molecule has 0 aliphatic heterocycles. The van der Waals surface area contributed by atoms with Crippen molar-refractivity contribution in [3.05, 3.63) is 22.7 Å². The largest absolute Gasteiger partial charge is 0.493 e. The van der Waals surface area contributed by atoms with Crippen LogP contribution in [0.1, 0.15) is 37.7 Å². The van der Waals surface area contributed by atoms with E-state index in [0.29, 0.717) is 22.1 Å². The highest BCUT2D eigenvalue weighted by atomic mass is 35.5. The summed E-state index contributed by atoms with van der Waals surface area (Å²) in [7, 11) is 3.05. The van der Waals surface area contributed by atoms with Gasteiger partial charge < -0.3 is 19.6 Å². The van der Waals surface area contributed by atoms with E-state index in [4.69, 9.17) is 25.9 Å². The van der Waals surface area contributed by atoms with E-state index in [1.54, 1.807) is 12.1 Å². The van der Waals surface area contributed by atoms with Gasteiger partial charge in [-0.3, -0.25) is 4.79 Å². The molecule has 0 aromatic heterocycles. The van der Waals surface area contributed by atoms with Crippen LogP contribution in [0.15, 0.2) is 17.3 Å². The Bertz CT molecular complexity index is 586. The smallest absolute Gasteiger partial charge is 0.260 e. The van der Waals surface area contributed by atoms with Gasteiger partial charge in [-0.1, -0.05) is 36.0 Å². The van der Waals surface area contributed by atoms with Crippen molar-refractivity contribution in [2.45, 2.75) is 38.1 Å². The van der Waals surface area contributed by atoms with Gasteiger partial charge in [0.1, 0.15) is 0 Å². The van der Waals surface area contributed by atoms with Crippen molar-refractivity contribution in [3.8, 4) is 11.5 Å². The lowest BCUT2D eigenvalue weighted by molar-refractivity contribution is -0.126. The van der Waals surface area contributed by atoms with Crippen molar-refractivity contribution in [2.75, 3.05) is 20.8 Å². The normalized spacial score (nSPS) is 15.3. The van der Waals surface area contributed by atoms with Crippen LogP contribution in [0.3, 0.4) is 0 Å². The molecular weight excluding hydrogens is 332 g/mol. The van der Waals surface area contributed by atoms with Gasteiger partial charge in [-0.05, 0) is 25.0 Å². The average Bonchev–Trinajstić information content (AvgIpc) is 2.59. The molecule has 1 fully saturated rings. The van der Waals surface area contributed by atoms with Gasteiger partial charge in [0, 0.05) is 11.6 Å². The lowest BCUT2D eigenvalue weighted by atomic mass is 9.95. The molecule has 2 rings (SSSR count). The van der Waals surface area contributed by atoms with Crippen molar-refractivity contribution < 1.29 is 19.1 Å². The second-order valence-corrected chi connectivity index (χ2v) is 6.06. The van der Waals surface area contributed by atoms with E-state index in [1.807, 2.05) is 0 Å². The van der Waals surface area contributed by atoms with Crippen molar-refractivity contribution in [2.24, 2.45) is 5.16 Å². The topological polar surface area (TPSA) is 69.2 Å². The van der Waals surface area contributed by atoms with E-state index in [9.17, 15) is 4.79 Å². The lowest BCUT2D eigenvalue weighted by Gasteiger charge is -2.22. The Labute approximate surface area is 147 Å². The number of methoxy groups -OCH3 is 2. The summed E-state index contributed by atoms with van der Waals surface area (Å²) in [6.45, 7) is -0.103. The quantitative estimate of drug-likeness (QED) is 0.603. The fourth-order valence-corrected chi connectivity index (χ4v) is 3.02. The second-order valence-electron chi connectivity index (χ2n) is 5.65. The van der Waals surface area contributed by atoms with Crippen LogP contribution in [-0.2, 0) is 9.63 Å². The molecule has 0 bridgehead atoms. The minimum atomic E-state index is -0.149. The molecular formula is C17H23ClN2O4. The van der Waals surface area contributed by atoms with E-state index in [0.717, 1.165) is 12.8 Å². The Morgan fingerprint density at radius 1 is 1.29 bits per heavy atom. The van der Waals surface area contributed by atoms with Crippen LogP contribution >= 0.6 is 11.6 Å². The van der Waals surface area contributed by atoms with Crippen LogP contribution in [0.25, 0.3) is 0 Å². The van der Waals surface area contributed by atoms with Crippen LogP contribution < -0.4 is 14.8 Å². The van der Waals surface area contributed by atoms with Crippen LogP contribution in [-0.4, -0.2) is 39.0 Å². The van der Waals surface area contributed by atoms with Crippen molar-refractivity contribution in [1.82, 2.24) is 5.32 Å². The first-order chi connectivity index (χ1) is 11.6. The van der Waals surface area contributed by atoms with Crippen LogP contribution in [0.4, 0.5) is 0 Å². The number of carbonyl (C=O) groups is 1. The zero-order valence-corrected chi connectivity index (χ0v) is 14.8. The summed E-state index contributed by atoms with van der Waals surface area (Å²) in [4.78, 5) is 16.8. The number of ether oxygens (including phenoxy) is 2. The van der Waals surface area contributed by atoms with Gasteiger partial charge in [0.25, 0.3) is 5.91 Å². The molecule has 1 amide bonds. The molecule has 1 aromatic rings. The van der Waals surface area contributed by atoms with Gasteiger partial charge in [0.2, 0.25) is 0 Å². The van der Waals surface area contributed by atoms with Gasteiger partial charge in [0.15, 0.2) is 18.1 Å². The predicted octanol–water partition coefficient (Wildman–Crippen LogP) is 3.16. The molecule has 1 aliphatic carbocycles. The van der Waals surface area contributed by atoms with Gasteiger partial charge >= 0.3 is 0 Å². The number of oxime groups is 1. The number of halogens is 1. The maximum absolute atomic E-state index is 11.8. The van der Waals surface area contributed by atoms with E-state index >= 15 is 0 Å². The summed E-state index contributed by atoms with van der Waals surface area (Å²) < 4.78 is 10.4. The first-order valence-corrected chi connectivity index (χ1v) is 8.38. The molecule has 1 aromatic carbocycles. The monoisotopic (exact) mass is 354 g/mol. The SMILES string of the molecule is COc1cc(C=NOCC(=O)NC2CCCCC2)cc(Cl)c1OC. The third-order valence-electron chi connectivity index (χ3n) is 3.90. The molecule has 0 atom stereocenters. The van der Waals surface area contributed by atoms with Gasteiger partial charge in [-0.25, -0.2) is 0 Å². The standard InChI is InChI=1S/C17H23ClN2O4/c1-22-15-9-12(8-14(18)17(15)23-2)10-19-24-11-16(21)20-13-6-4-3-5-7-13/h8-10,13H,3-7,11H2,1-2H3,(H,20,21). The minimum absolute atomic E-state index is 0.103. The summed E-state index contributed by atoms with van der Waals surface area (Å²) in [6.07, 6.45) is 7.15. The zero-order chi connectivity index (χ0) is 17.4. The van der Waals surface area contributed by atoms with Crippen LogP contribution in [0, 0.1) is 0 Å². The van der Waals surface area contributed by atoms with Gasteiger partial charge in [0.05, 0.1) is 25.5 Å². The maximum Gasteiger partial charge on any atom is 0.260 e. The third kappa shape index (κ3) is 5.30. The highest BCUT2D eigenvalue weighted by Gasteiger charge is 2.15. The molecule has 6 nitrogen and oxygen atoms in total. The van der Waals surface area contributed by atoms with E-state index in [-0.39, 0.29) is 18.6 Å². The summed E-state index contributed by atoms with van der Waals surface area (Å²) in [5, 5.41) is 7.18. The molecule has 0 radical (unpaired) electrons. The molecule has 24 heavy (non-hydrogen) atoms. The molecule has 1 saturated carbocycles. The molecule has 1 N–H and O–H groups in total. The molecule has 7 heteroatoms. The van der Waals surface area contributed by atoms with Crippen LogP contribution in [0.5, 0.6) is 11.5 Å². The number of carbonyl (C=O) groups excluding carboxylic acids is 1. The van der Waals surface area contributed by atoms with Crippen molar-refractivity contribution in [3.63, 3.8) is 0 Å². The first-order valence-electron chi connectivity index (χ1n) is 8.00. The number of nitrogens with zero attached hydrogens (tertiary/aromatic N) is 1. The Kier molecular flexibility index (Phi) is 7.18. The van der Waals surface area contributed by atoms with Gasteiger partial charge in [-0.15, -0.1) is 0 Å². The molecule has 132 valence electrons. The molecule has 0 saturated heterocycles. The number of hydrogen-bond acceptors (Lipinski definition) is 5. The van der Waals surface area contributed by atoms with Gasteiger partial charge in [-0.2, -0.15) is 0 Å². The summed E-state index contributed by atoms with van der Waals surface area (Å²) in [5.41, 5.74) is 0.685. The van der Waals surface area contributed by atoms with E-state index in [1.165, 1.54) is 39.7 Å². The summed E-state index contributed by atoms with van der Waals surface area (Å²) >= 11 is 6.11. The third-order valence-corrected chi connectivity index (χ3v) is 4.18. The highest BCUT2D eigenvalue weighted by Crippen LogP contribution is 2.35. The number of rotatable bonds is 7. The Morgan fingerprint density at radius 3 is 2.71 bits per heavy atom. The highest BCUT2D eigenvalue weighted by molar-refractivity contribution is 6.32. The number of hydrogen-bond donors (Lipinski definition) is 1. The molecule has 0 heterocycles. The molecule has 0 spiro atoms. The average molecular weight is 355 g/mol. The number of benzene rings is 1. The second kappa shape index (κ2) is 9.37. The first kappa shape index (κ1) is 18.4. The Morgan fingerprint density at radius 2 is 2.04 bits per heavy atom. The predicted molar refractivity (Wildman–Crippen MR) is 93.1 cm³/mol. The fourth-order valence-electron chi connectivity index (χ4n) is 2.72.